The van der Waals surface area contributed by atoms with E-state index in [4.69, 9.17) is 4.74 Å². The number of hydrogen-bond donors (Lipinski definition) is 1. The van der Waals surface area contributed by atoms with Gasteiger partial charge in [-0.3, -0.25) is 29.4 Å². The number of benzene rings is 1. The molecule has 2 aliphatic rings. The number of carbonyl (C=O) groups is 4. The fourth-order valence-electron chi connectivity index (χ4n) is 3.71. The van der Waals surface area contributed by atoms with Crippen LogP contribution in [0.4, 0.5) is 10.5 Å². The van der Waals surface area contributed by atoms with Crippen LogP contribution >= 0.6 is 0 Å². The number of fused-ring (bicyclic) bond motifs is 1. The third kappa shape index (κ3) is 4.98. The first kappa shape index (κ1) is 22.2. The normalized spacial score (nSPS) is 16.3. The molecule has 0 spiro atoms. The van der Waals surface area contributed by atoms with E-state index in [1.54, 1.807) is 11.8 Å². The Balaban J connectivity index is 1.44. The number of nitro groups is 1. The molecule has 1 fully saturated rings. The molecule has 3 rings (SSSR count). The van der Waals surface area contributed by atoms with Crippen molar-refractivity contribution >= 4 is 29.5 Å². The molecule has 11 nitrogen and oxygen atoms in total. The van der Waals surface area contributed by atoms with Gasteiger partial charge in [0.1, 0.15) is 0 Å². The molecule has 0 radical (unpaired) electrons. The van der Waals surface area contributed by atoms with Gasteiger partial charge in [-0.1, -0.05) is 0 Å². The van der Waals surface area contributed by atoms with E-state index in [2.05, 4.69) is 5.32 Å². The Hall–Kier alpha value is -3.50. The van der Waals surface area contributed by atoms with Crippen LogP contribution in [0.1, 0.15) is 53.3 Å². The summed E-state index contributed by atoms with van der Waals surface area (Å²) in [6.45, 7) is 3.13. The van der Waals surface area contributed by atoms with Crippen molar-refractivity contribution in [3.8, 4) is 0 Å². The fraction of sp³-hybridized carbons (Fsp3) is 0.500. The van der Waals surface area contributed by atoms with Crippen LogP contribution in [0.25, 0.3) is 0 Å². The number of piperidine rings is 1. The molecular weight excluding hydrogens is 408 g/mol. The second-order valence-electron chi connectivity index (χ2n) is 7.38. The number of non-ortho nitro benzene ring substituents is 1. The van der Waals surface area contributed by atoms with E-state index in [-0.39, 0.29) is 54.2 Å². The van der Waals surface area contributed by atoms with Crippen LogP contribution in [0.5, 0.6) is 0 Å². The van der Waals surface area contributed by atoms with Crippen molar-refractivity contribution in [2.45, 2.75) is 38.6 Å². The van der Waals surface area contributed by atoms with Gasteiger partial charge >= 0.3 is 6.09 Å². The van der Waals surface area contributed by atoms with E-state index in [9.17, 15) is 29.3 Å². The standard InChI is InChI=1S/C20H24N4O7/c1-2-31-20(28)22-10-7-13(8-11-22)21-17(25)4-3-9-23-18(26)15-6-5-14(24(29)30)12-16(15)19(23)27/h5-6,12-13H,2-4,7-11H2,1H3,(H,21,25). The number of amides is 4. The molecular formula is C20H24N4O7. The average molecular weight is 432 g/mol. The fourth-order valence-corrected chi connectivity index (χ4v) is 3.71. The minimum atomic E-state index is -0.623. The van der Waals surface area contributed by atoms with E-state index in [0.717, 1.165) is 11.0 Å². The highest BCUT2D eigenvalue weighted by Crippen LogP contribution is 2.27. The number of hydrogen-bond acceptors (Lipinski definition) is 7. The lowest BCUT2D eigenvalue weighted by Crippen LogP contribution is -2.46. The summed E-state index contributed by atoms with van der Waals surface area (Å²) in [5, 5.41) is 13.8. The number of imide groups is 1. The number of nitrogens with one attached hydrogen (secondary N) is 1. The van der Waals surface area contributed by atoms with E-state index < -0.39 is 16.7 Å². The predicted octanol–water partition coefficient (Wildman–Crippen LogP) is 1.71. The summed E-state index contributed by atoms with van der Waals surface area (Å²) in [5.41, 5.74) is -0.111. The maximum atomic E-state index is 12.4. The molecule has 0 aromatic heterocycles. The lowest BCUT2D eigenvalue weighted by atomic mass is 10.1. The van der Waals surface area contributed by atoms with Crippen LogP contribution in [-0.4, -0.2) is 70.8 Å². The number of ether oxygens (including phenoxy) is 1. The van der Waals surface area contributed by atoms with Crippen molar-refractivity contribution < 1.29 is 28.8 Å². The zero-order valence-corrected chi connectivity index (χ0v) is 17.2. The Kier molecular flexibility index (Phi) is 6.83. The maximum absolute atomic E-state index is 12.4. The number of rotatable bonds is 7. The highest BCUT2D eigenvalue weighted by atomic mass is 16.6. The van der Waals surface area contributed by atoms with Gasteiger partial charge in [0.2, 0.25) is 5.91 Å². The van der Waals surface area contributed by atoms with E-state index in [0.29, 0.717) is 32.5 Å². The molecule has 2 heterocycles. The predicted molar refractivity (Wildman–Crippen MR) is 107 cm³/mol. The molecule has 0 unspecified atom stereocenters. The molecule has 0 aliphatic carbocycles. The zero-order chi connectivity index (χ0) is 22.5. The Morgan fingerprint density at radius 2 is 1.87 bits per heavy atom. The van der Waals surface area contributed by atoms with E-state index in [1.165, 1.54) is 12.1 Å². The summed E-state index contributed by atoms with van der Waals surface area (Å²) in [6, 6.07) is 3.53. The summed E-state index contributed by atoms with van der Waals surface area (Å²) in [4.78, 5) is 61.7. The molecule has 1 saturated heterocycles. The highest BCUT2D eigenvalue weighted by Gasteiger charge is 2.36. The van der Waals surface area contributed by atoms with Crippen molar-refractivity contribution in [2.24, 2.45) is 0 Å². The number of nitrogens with zero attached hydrogens (tertiary/aromatic N) is 3. The minimum Gasteiger partial charge on any atom is -0.450 e. The van der Waals surface area contributed by atoms with Crippen LogP contribution in [0.15, 0.2) is 18.2 Å². The maximum Gasteiger partial charge on any atom is 0.409 e. The van der Waals surface area contributed by atoms with Crippen LogP contribution in [0.2, 0.25) is 0 Å². The first-order valence-electron chi connectivity index (χ1n) is 10.2. The zero-order valence-electron chi connectivity index (χ0n) is 17.2. The van der Waals surface area contributed by atoms with Gasteiger partial charge in [0.15, 0.2) is 0 Å². The summed E-state index contributed by atoms with van der Waals surface area (Å²) in [7, 11) is 0. The topological polar surface area (TPSA) is 139 Å². The van der Waals surface area contributed by atoms with Crippen LogP contribution in [0.3, 0.4) is 0 Å². The minimum absolute atomic E-state index is 0.0111. The summed E-state index contributed by atoms with van der Waals surface area (Å²) in [6.07, 6.45) is 1.31. The van der Waals surface area contributed by atoms with E-state index in [1.807, 2.05) is 0 Å². The average Bonchev–Trinajstić information content (AvgIpc) is 2.98. The first-order valence-corrected chi connectivity index (χ1v) is 10.2. The van der Waals surface area contributed by atoms with Gasteiger partial charge in [-0.25, -0.2) is 4.79 Å². The molecule has 1 N–H and O–H groups in total. The van der Waals surface area contributed by atoms with Gasteiger partial charge in [0.25, 0.3) is 17.5 Å². The molecule has 1 aromatic rings. The van der Waals surface area contributed by atoms with E-state index >= 15 is 0 Å². The van der Waals surface area contributed by atoms with Crippen molar-refractivity contribution in [2.75, 3.05) is 26.2 Å². The van der Waals surface area contributed by atoms with Gasteiger partial charge in [-0.05, 0) is 32.3 Å². The SMILES string of the molecule is CCOC(=O)N1CCC(NC(=O)CCCN2C(=O)c3ccc([N+](=O)[O-])cc3C2=O)CC1. The van der Waals surface area contributed by atoms with Crippen LogP contribution in [0, 0.1) is 10.1 Å². The molecule has 1 aromatic carbocycles. The number of nitro benzene ring substituents is 1. The largest absolute Gasteiger partial charge is 0.450 e. The Bertz CT molecular complexity index is 909. The second-order valence-corrected chi connectivity index (χ2v) is 7.38. The smallest absolute Gasteiger partial charge is 0.409 e. The van der Waals surface area contributed by atoms with Gasteiger partial charge in [0, 0.05) is 44.2 Å². The van der Waals surface area contributed by atoms with Crippen molar-refractivity contribution in [3.63, 3.8) is 0 Å². The molecule has 31 heavy (non-hydrogen) atoms. The van der Waals surface area contributed by atoms with Gasteiger partial charge in [-0.2, -0.15) is 0 Å². The molecule has 2 aliphatic heterocycles. The molecule has 0 atom stereocenters. The second kappa shape index (κ2) is 9.54. The van der Waals surface area contributed by atoms with Crippen molar-refractivity contribution in [3.05, 3.63) is 39.4 Å². The summed E-state index contributed by atoms with van der Waals surface area (Å²) >= 11 is 0. The first-order chi connectivity index (χ1) is 14.8. The Morgan fingerprint density at radius 1 is 1.19 bits per heavy atom. The monoisotopic (exact) mass is 432 g/mol. The van der Waals surface area contributed by atoms with Gasteiger partial charge in [-0.15, -0.1) is 0 Å². The molecule has 166 valence electrons. The third-order valence-electron chi connectivity index (χ3n) is 5.34. The molecule has 11 heteroatoms. The van der Waals surface area contributed by atoms with Crippen molar-refractivity contribution in [1.29, 1.82) is 0 Å². The highest BCUT2D eigenvalue weighted by molar-refractivity contribution is 6.21. The molecule has 0 bridgehead atoms. The lowest BCUT2D eigenvalue weighted by molar-refractivity contribution is -0.384. The van der Waals surface area contributed by atoms with Gasteiger partial charge < -0.3 is 15.0 Å². The number of carbonyl (C=O) groups excluding carboxylic acids is 4. The molecule has 0 saturated carbocycles. The quantitative estimate of drug-likeness (QED) is 0.393. The number of likely N-dealkylation sites (tertiary alicyclic amines) is 1. The summed E-state index contributed by atoms with van der Waals surface area (Å²) in [5.74, 6) is -1.29. The Morgan fingerprint density at radius 3 is 2.52 bits per heavy atom. The summed E-state index contributed by atoms with van der Waals surface area (Å²) < 4.78 is 4.97. The van der Waals surface area contributed by atoms with Gasteiger partial charge in [0.05, 0.1) is 22.7 Å². The Labute approximate surface area is 178 Å². The van der Waals surface area contributed by atoms with Crippen LogP contribution in [-0.2, 0) is 9.53 Å². The van der Waals surface area contributed by atoms with Crippen molar-refractivity contribution in [1.82, 2.24) is 15.1 Å². The lowest BCUT2D eigenvalue weighted by Gasteiger charge is -2.31. The third-order valence-corrected chi connectivity index (χ3v) is 5.34. The molecule has 4 amide bonds. The van der Waals surface area contributed by atoms with Crippen LogP contribution < -0.4 is 5.32 Å².